The standard InChI is InChI=1S/C24H25N3O5/c1-4-31-19-8-6-5-7-17(19)22-21-18(13-32-23(21)29)27(24(30)26-22)12-20(28)25-16-10-9-14(2)15(3)11-16/h5-11,22H,4,12-13H2,1-3H3,(H,25,28)(H,26,30). The van der Waals surface area contributed by atoms with Crippen molar-refractivity contribution in [1.82, 2.24) is 10.2 Å². The summed E-state index contributed by atoms with van der Waals surface area (Å²) in [5, 5.41) is 5.65. The molecule has 1 atom stereocenters. The van der Waals surface area contributed by atoms with Crippen LogP contribution in [0.3, 0.4) is 0 Å². The van der Waals surface area contributed by atoms with E-state index in [1.165, 1.54) is 4.90 Å². The lowest BCUT2D eigenvalue weighted by Crippen LogP contribution is -2.49. The van der Waals surface area contributed by atoms with Gasteiger partial charge in [-0.2, -0.15) is 0 Å². The average Bonchev–Trinajstić information content (AvgIpc) is 3.15. The van der Waals surface area contributed by atoms with Gasteiger partial charge in [-0.3, -0.25) is 9.69 Å². The molecule has 0 bridgehead atoms. The van der Waals surface area contributed by atoms with E-state index in [0.717, 1.165) is 11.1 Å². The maximum Gasteiger partial charge on any atom is 0.338 e. The normalized spacial score (nSPS) is 17.6. The molecule has 0 spiro atoms. The molecule has 2 heterocycles. The molecule has 0 aromatic heterocycles. The molecule has 0 radical (unpaired) electrons. The maximum absolute atomic E-state index is 13.0. The van der Waals surface area contributed by atoms with E-state index in [1.807, 2.05) is 51.1 Å². The van der Waals surface area contributed by atoms with E-state index < -0.39 is 18.0 Å². The van der Waals surface area contributed by atoms with Gasteiger partial charge in [0.2, 0.25) is 5.91 Å². The van der Waals surface area contributed by atoms with Crippen molar-refractivity contribution in [1.29, 1.82) is 0 Å². The molecule has 0 saturated carbocycles. The Morgan fingerprint density at radius 2 is 1.97 bits per heavy atom. The highest BCUT2D eigenvalue weighted by Crippen LogP contribution is 2.38. The maximum atomic E-state index is 13.0. The molecule has 8 heteroatoms. The van der Waals surface area contributed by atoms with Gasteiger partial charge in [-0.15, -0.1) is 0 Å². The molecule has 2 aromatic rings. The smallest absolute Gasteiger partial charge is 0.338 e. The second-order valence-electron chi connectivity index (χ2n) is 7.72. The van der Waals surface area contributed by atoms with E-state index in [1.54, 1.807) is 12.1 Å². The third-order valence-electron chi connectivity index (χ3n) is 5.62. The Morgan fingerprint density at radius 3 is 2.72 bits per heavy atom. The van der Waals surface area contributed by atoms with Gasteiger partial charge in [-0.1, -0.05) is 24.3 Å². The topological polar surface area (TPSA) is 97.0 Å². The number of para-hydroxylation sites is 1. The van der Waals surface area contributed by atoms with Crippen LogP contribution >= 0.6 is 0 Å². The summed E-state index contributed by atoms with van der Waals surface area (Å²) in [6.07, 6.45) is 0. The fourth-order valence-corrected chi connectivity index (χ4v) is 3.88. The molecule has 2 N–H and O–H groups in total. The number of rotatable bonds is 6. The van der Waals surface area contributed by atoms with Gasteiger partial charge >= 0.3 is 12.0 Å². The van der Waals surface area contributed by atoms with Crippen molar-refractivity contribution in [2.24, 2.45) is 0 Å². The van der Waals surface area contributed by atoms with Crippen molar-refractivity contribution in [2.75, 3.05) is 25.1 Å². The highest BCUT2D eigenvalue weighted by molar-refractivity contribution is 6.00. The SMILES string of the molecule is CCOc1ccccc1C1NC(=O)N(CC(=O)Nc2ccc(C)c(C)c2)C2=C1C(=O)OC2. The van der Waals surface area contributed by atoms with Crippen molar-refractivity contribution in [3.05, 3.63) is 70.4 Å². The zero-order valence-corrected chi connectivity index (χ0v) is 18.2. The molecule has 32 heavy (non-hydrogen) atoms. The van der Waals surface area contributed by atoms with Gasteiger partial charge < -0.3 is 20.1 Å². The number of hydrogen-bond donors (Lipinski definition) is 2. The molecule has 0 saturated heterocycles. The highest BCUT2D eigenvalue weighted by atomic mass is 16.5. The number of nitrogens with one attached hydrogen (secondary N) is 2. The number of hydrogen-bond acceptors (Lipinski definition) is 5. The number of nitrogens with zero attached hydrogens (tertiary/aromatic N) is 1. The first-order valence-electron chi connectivity index (χ1n) is 10.5. The molecule has 3 amide bonds. The molecule has 0 aliphatic carbocycles. The van der Waals surface area contributed by atoms with Crippen LogP contribution in [0.2, 0.25) is 0 Å². The van der Waals surface area contributed by atoms with Gasteiger partial charge in [0.15, 0.2) is 0 Å². The molecule has 2 aromatic carbocycles. The van der Waals surface area contributed by atoms with E-state index in [9.17, 15) is 14.4 Å². The number of ether oxygens (including phenoxy) is 2. The number of esters is 1. The lowest BCUT2D eigenvalue weighted by atomic mass is 9.95. The minimum Gasteiger partial charge on any atom is -0.494 e. The number of carbonyl (C=O) groups is 3. The van der Waals surface area contributed by atoms with Crippen molar-refractivity contribution in [3.8, 4) is 5.75 Å². The van der Waals surface area contributed by atoms with Gasteiger partial charge in [-0.25, -0.2) is 9.59 Å². The van der Waals surface area contributed by atoms with Crippen LogP contribution < -0.4 is 15.4 Å². The Labute approximate surface area is 186 Å². The quantitative estimate of drug-likeness (QED) is 0.679. The summed E-state index contributed by atoms with van der Waals surface area (Å²) in [5.74, 6) is -0.313. The van der Waals surface area contributed by atoms with Crippen LogP contribution in [0.15, 0.2) is 53.7 Å². The molecule has 2 aliphatic heterocycles. The van der Waals surface area contributed by atoms with E-state index in [2.05, 4.69) is 10.6 Å². The van der Waals surface area contributed by atoms with Gasteiger partial charge in [0.25, 0.3) is 0 Å². The summed E-state index contributed by atoms with van der Waals surface area (Å²) >= 11 is 0. The van der Waals surface area contributed by atoms with Crippen LogP contribution in [0.5, 0.6) is 5.75 Å². The van der Waals surface area contributed by atoms with Crippen molar-refractivity contribution in [3.63, 3.8) is 0 Å². The van der Waals surface area contributed by atoms with Crippen LogP contribution in [-0.2, 0) is 14.3 Å². The van der Waals surface area contributed by atoms with E-state index >= 15 is 0 Å². The molecule has 0 fully saturated rings. The van der Waals surface area contributed by atoms with E-state index in [0.29, 0.717) is 34.9 Å². The molecular formula is C24H25N3O5. The van der Waals surface area contributed by atoms with Gasteiger partial charge in [0, 0.05) is 11.3 Å². The summed E-state index contributed by atoms with van der Waals surface area (Å²) in [4.78, 5) is 39.5. The Hall–Kier alpha value is -3.81. The number of benzene rings is 2. The number of cyclic esters (lactones) is 1. The van der Waals surface area contributed by atoms with Crippen LogP contribution in [-0.4, -0.2) is 42.6 Å². The van der Waals surface area contributed by atoms with E-state index in [4.69, 9.17) is 9.47 Å². The average molecular weight is 435 g/mol. The molecule has 4 rings (SSSR count). The second kappa shape index (κ2) is 8.74. The monoisotopic (exact) mass is 435 g/mol. The lowest BCUT2D eigenvalue weighted by Gasteiger charge is -2.33. The highest BCUT2D eigenvalue weighted by Gasteiger charge is 2.43. The first-order valence-corrected chi connectivity index (χ1v) is 10.5. The summed E-state index contributed by atoms with van der Waals surface area (Å²) in [7, 11) is 0. The Kier molecular flexibility index (Phi) is 5.85. The van der Waals surface area contributed by atoms with Crippen LogP contribution in [0, 0.1) is 13.8 Å². The largest absolute Gasteiger partial charge is 0.494 e. The second-order valence-corrected chi connectivity index (χ2v) is 7.72. The predicted octanol–water partition coefficient (Wildman–Crippen LogP) is 3.22. The fourth-order valence-electron chi connectivity index (χ4n) is 3.88. The molecule has 8 nitrogen and oxygen atoms in total. The Morgan fingerprint density at radius 1 is 1.19 bits per heavy atom. The first kappa shape index (κ1) is 21.4. The third-order valence-corrected chi connectivity index (χ3v) is 5.62. The van der Waals surface area contributed by atoms with E-state index in [-0.39, 0.29) is 19.1 Å². The number of anilines is 1. The van der Waals surface area contributed by atoms with Crippen LogP contribution in [0.1, 0.15) is 29.7 Å². The summed E-state index contributed by atoms with van der Waals surface area (Å²) in [6.45, 7) is 5.95. The summed E-state index contributed by atoms with van der Waals surface area (Å²) < 4.78 is 10.9. The van der Waals surface area contributed by atoms with Gasteiger partial charge in [0.05, 0.1) is 23.9 Å². The van der Waals surface area contributed by atoms with Crippen LogP contribution in [0.4, 0.5) is 10.5 Å². The number of aryl methyl sites for hydroxylation is 2. The van der Waals surface area contributed by atoms with Crippen LogP contribution in [0.25, 0.3) is 0 Å². The minimum atomic E-state index is -0.714. The molecule has 1 unspecified atom stereocenters. The minimum absolute atomic E-state index is 0.0637. The fraction of sp³-hybridized carbons (Fsp3) is 0.292. The number of urea groups is 1. The van der Waals surface area contributed by atoms with Gasteiger partial charge in [0.1, 0.15) is 18.9 Å². The van der Waals surface area contributed by atoms with Crippen molar-refractivity contribution in [2.45, 2.75) is 26.8 Å². The lowest BCUT2D eigenvalue weighted by molar-refractivity contribution is -0.136. The Bertz CT molecular complexity index is 1120. The molecule has 2 aliphatic rings. The first-order chi connectivity index (χ1) is 15.4. The zero-order chi connectivity index (χ0) is 22.8. The molecular weight excluding hydrogens is 410 g/mol. The summed E-state index contributed by atoms with van der Waals surface area (Å²) in [6, 6.07) is 11.6. The van der Waals surface area contributed by atoms with Gasteiger partial charge in [-0.05, 0) is 50.1 Å². The predicted molar refractivity (Wildman–Crippen MR) is 118 cm³/mol. The summed E-state index contributed by atoms with van der Waals surface area (Å²) in [5.41, 5.74) is 4.18. The number of amides is 3. The molecule has 166 valence electrons. The third kappa shape index (κ3) is 4.03. The number of carbonyl (C=O) groups excluding carboxylic acids is 3. The Balaban J connectivity index is 1.60. The zero-order valence-electron chi connectivity index (χ0n) is 18.2. The van der Waals surface area contributed by atoms with Crippen molar-refractivity contribution < 1.29 is 23.9 Å². The van der Waals surface area contributed by atoms with Crippen molar-refractivity contribution >= 4 is 23.6 Å².